The van der Waals surface area contributed by atoms with Gasteiger partial charge in [0.25, 0.3) is 0 Å². The lowest BCUT2D eigenvalue weighted by Crippen LogP contribution is -2.40. The Morgan fingerprint density at radius 3 is 2.57 bits per heavy atom. The number of hydrogen-bond donors (Lipinski definition) is 0. The Morgan fingerprint density at radius 2 is 1.93 bits per heavy atom. The number of ether oxygens (including phenoxy) is 2. The van der Waals surface area contributed by atoms with E-state index >= 15 is 0 Å². The second kappa shape index (κ2) is 9.82. The molecule has 2 fully saturated rings. The fourth-order valence-electron chi connectivity index (χ4n) is 4.71. The van der Waals surface area contributed by atoms with Crippen molar-refractivity contribution >= 4 is 29.2 Å². The van der Waals surface area contributed by atoms with Crippen molar-refractivity contribution in [2.45, 2.75) is 77.4 Å². The Bertz CT molecular complexity index is 670. The molecule has 1 aromatic carbocycles. The van der Waals surface area contributed by atoms with E-state index in [1.165, 1.54) is 6.42 Å². The molecule has 156 valence electrons. The highest BCUT2D eigenvalue weighted by molar-refractivity contribution is 6.42. The number of hydrogen-bond acceptors (Lipinski definition) is 3. The van der Waals surface area contributed by atoms with Gasteiger partial charge in [-0.05, 0) is 67.6 Å². The fraction of sp³-hybridized carbons (Fsp3) is 0.696. The second-order valence-corrected chi connectivity index (χ2v) is 9.67. The van der Waals surface area contributed by atoms with Gasteiger partial charge in [0.05, 0.1) is 16.1 Å². The van der Waals surface area contributed by atoms with Gasteiger partial charge in [0.1, 0.15) is 12.0 Å². The van der Waals surface area contributed by atoms with Gasteiger partial charge in [-0.1, -0.05) is 56.5 Å². The number of benzene rings is 1. The molecule has 0 radical (unpaired) electrons. The predicted octanol–water partition coefficient (Wildman–Crippen LogP) is 6.65. The molecular weight excluding hydrogens is 395 g/mol. The van der Waals surface area contributed by atoms with Crippen LogP contribution in [-0.4, -0.2) is 24.8 Å². The first-order chi connectivity index (χ1) is 13.4. The molecule has 1 aliphatic heterocycles. The monoisotopic (exact) mass is 426 g/mol. The maximum absolute atomic E-state index is 13.4. The maximum Gasteiger partial charge on any atom is 0.316 e. The van der Waals surface area contributed by atoms with E-state index in [-0.39, 0.29) is 18.2 Å². The highest BCUT2D eigenvalue weighted by Gasteiger charge is 2.38. The Morgan fingerprint density at radius 1 is 1.14 bits per heavy atom. The summed E-state index contributed by atoms with van der Waals surface area (Å²) in [6.45, 7) is 7.38. The maximum atomic E-state index is 13.4. The van der Waals surface area contributed by atoms with Crippen molar-refractivity contribution in [2.24, 2.45) is 17.8 Å². The van der Waals surface area contributed by atoms with Gasteiger partial charge >= 0.3 is 5.97 Å². The normalized spacial score (nSPS) is 29.5. The smallest absolute Gasteiger partial charge is 0.316 e. The molecule has 0 bridgehead atoms. The van der Waals surface area contributed by atoms with E-state index in [9.17, 15) is 4.79 Å². The molecule has 28 heavy (non-hydrogen) atoms. The zero-order valence-corrected chi connectivity index (χ0v) is 18.6. The van der Waals surface area contributed by atoms with Crippen molar-refractivity contribution in [3.8, 4) is 0 Å². The van der Waals surface area contributed by atoms with Crippen molar-refractivity contribution < 1.29 is 14.3 Å². The van der Waals surface area contributed by atoms with E-state index in [1.54, 1.807) is 12.1 Å². The molecule has 1 heterocycles. The van der Waals surface area contributed by atoms with E-state index in [0.717, 1.165) is 37.7 Å². The summed E-state index contributed by atoms with van der Waals surface area (Å²) in [5, 5.41) is 0.946. The fourth-order valence-corrected chi connectivity index (χ4v) is 5.02. The van der Waals surface area contributed by atoms with Crippen LogP contribution in [0.5, 0.6) is 0 Å². The summed E-state index contributed by atoms with van der Waals surface area (Å²) in [6.07, 6.45) is 6.03. The predicted molar refractivity (Wildman–Crippen MR) is 114 cm³/mol. The van der Waals surface area contributed by atoms with E-state index in [1.807, 2.05) is 6.07 Å². The largest absolute Gasteiger partial charge is 0.462 e. The summed E-state index contributed by atoms with van der Waals surface area (Å²) in [6, 6.07) is 5.42. The zero-order chi connectivity index (χ0) is 20.3. The lowest BCUT2D eigenvalue weighted by atomic mass is 9.75. The van der Waals surface area contributed by atoms with Crippen molar-refractivity contribution in [3.63, 3.8) is 0 Å². The summed E-state index contributed by atoms with van der Waals surface area (Å²) < 4.78 is 12.2. The highest BCUT2D eigenvalue weighted by atomic mass is 35.5. The zero-order valence-electron chi connectivity index (χ0n) is 17.1. The Labute approximate surface area is 179 Å². The van der Waals surface area contributed by atoms with Crippen LogP contribution in [0.15, 0.2) is 18.2 Å². The van der Waals surface area contributed by atoms with Crippen LogP contribution in [0.2, 0.25) is 10.0 Å². The molecule has 0 aromatic heterocycles. The molecule has 5 heteroatoms. The molecule has 0 N–H and O–H groups in total. The van der Waals surface area contributed by atoms with E-state index in [0.29, 0.717) is 34.4 Å². The summed E-state index contributed by atoms with van der Waals surface area (Å²) in [5.41, 5.74) is 0.830. The minimum Gasteiger partial charge on any atom is -0.462 e. The topological polar surface area (TPSA) is 35.5 Å². The van der Waals surface area contributed by atoms with Crippen LogP contribution in [0.4, 0.5) is 0 Å². The molecule has 3 nitrogen and oxygen atoms in total. The molecule has 0 amide bonds. The lowest BCUT2D eigenvalue weighted by Gasteiger charge is -2.38. The van der Waals surface area contributed by atoms with Crippen LogP contribution in [0.3, 0.4) is 0 Å². The van der Waals surface area contributed by atoms with Crippen molar-refractivity contribution in [1.29, 1.82) is 0 Å². The van der Waals surface area contributed by atoms with Gasteiger partial charge in [-0.3, -0.25) is 4.79 Å². The van der Waals surface area contributed by atoms with Gasteiger partial charge in [0.2, 0.25) is 0 Å². The first-order valence-corrected chi connectivity index (χ1v) is 11.4. The average molecular weight is 427 g/mol. The minimum absolute atomic E-state index is 0.0230. The van der Waals surface area contributed by atoms with Crippen LogP contribution in [0.1, 0.15) is 70.8 Å². The molecule has 2 unspecified atom stereocenters. The first kappa shape index (κ1) is 21.9. The van der Waals surface area contributed by atoms with Crippen LogP contribution in [0.25, 0.3) is 0 Å². The summed E-state index contributed by atoms with van der Waals surface area (Å²) >= 11 is 12.3. The van der Waals surface area contributed by atoms with Crippen LogP contribution in [-0.2, 0) is 14.3 Å². The van der Waals surface area contributed by atoms with Gasteiger partial charge in [0.15, 0.2) is 0 Å². The minimum atomic E-state index is -0.458. The Hall–Kier alpha value is -0.770. The summed E-state index contributed by atoms with van der Waals surface area (Å²) in [5.74, 6) is 0.860. The second-order valence-electron chi connectivity index (χ2n) is 8.86. The van der Waals surface area contributed by atoms with Gasteiger partial charge in [-0.2, -0.15) is 0 Å². The SMILES string of the molecule is CC(C)[C@@H]1CC[C@@H](C)C[C@H]1OC(=O)C(c1ccc(Cl)c(Cl)c1)C1CCCCO1. The average Bonchev–Trinajstić information content (AvgIpc) is 2.65. The lowest BCUT2D eigenvalue weighted by molar-refractivity contribution is -0.163. The highest BCUT2D eigenvalue weighted by Crippen LogP contribution is 2.38. The van der Waals surface area contributed by atoms with Crippen molar-refractivity contribution in [1.82, 2.24) is 0 Å². The summed E-state index contributed by atoms with van der Waals surface area (Å²) in [7, 11) is 0. The molecule has 5 atom stereocenters. The first-order valence-electron chi connectivity index (χ1n) is 10.6. The van der Waals surface area contributed by atoms with Gasteiger partial charge in [-0.15, -0.1) is 0 Å². The van der Waals surface area contributed by atoms with E-state index in [4.69, 9.17) is 32.7 Å². The number of rotatable bonds is 5. The molecule has 3 rings (SSSR count). The van der Waals surface area contributed by atoms with Crippen molar-refractivity contribution in [3.05, 3.63) is 33.8 Å². The van der Waals surface area contributed by atoms with Crippen LogP contribution >= 0.6 is 23.2 Å². The van der Waals surface area contributed by atoms with E-state index < -0.39 is 5.92 Å². The molecule has 0 spiro atoms. The summed E-state index contributed by atoms with van der Waals surface area (Å²) in [4.78, 5) is 13.4. The number of halogens is 2. The third-order valence-corrected chi connectivity index (χ3v) is 7.11. The standard InChI is InChI=1S/C23H32Cl2O3/c1-14(2)17-9-7-15(3)12-21(17)28-23(26)22(20-6-4-5-11-27-20)16-8-10-18(24)19(25)13-16/h8,10,13-15,17,20-22H,4-7,9,11-12H2,1-3H3/t15-,17+,20?,21-,22?/m1/s1. The van der Waals surface area contributed by atoms with E-state index in [2.05, 4.69) is 20.8 Å². The molecule has 1 saturated heterocycles. The van der Waals surface area contributed by atoms with Gasteiger partial charge < -0.3 is 9.47 Å². The Kier molecular flexibility index (Phi) is 7.69. The van der Waals surface area contributed by atoms with Gasteiger partial charge in [0, 0.05) is 6.61 Å². The third-order valence-electron chi connectivity index (χ3n) is 6.37. The number of carbonyl (C=O) groups is 1. The molecule has 1 aliphatic carbocycles. The van der Waals surface area contributed by atoms with Crippen LogP contribution in [0, 0.1) is 17.8 Å². The Balaban J connectivity index is 1.84. The van der Waals surface area contributed by atoms with Crippen molar-refractivity contribution in [2.75, 3.05) is 6.61 Å². The number of carbonyl (C=O) groups excluding carboxylic acids is 1. The quantitative estimate of drug-likeness (QED) is 0.494. The third kappa shape index (κ3) is 5.23. The number of esters is 1. The molecule has 1 aromatic rings. The molecule has 1 saturated carbocycles. The molecule has 2 aliphatic rings. The van der Waals surface area contributed by atoms with Crippen LogP contribution < -0.4 is 0 Å². The molecular formula is C23H32Cl2O3. The van der Waals surface area contributed by atoms with Gasteiger partial charge in [-0.25, -0.2) is 0 Å².